The van der Waals surface area contributed by atoms with Gasteiger partial charge in [0.15, 0.2) is 0 Å². The normalized spacial score (nSPS) is 18.4. The summed E-state index contributed by atoms with van der Waals surface area (Å²) in [7, 11) is 0. The Hall–Kier alpha value is -4.79. The van der Waals surface area contributed by atoms with Crippen molar-refractivity contribution in [2.75, 3.05) is 6.54 Å². The van der Waals surface area contributed by atoms with Gasteiger partial charge in [0, 0.05) is 41.3 Å². The van der Waals surface area contributed by atoms with E-state index < -0.39 is 16.9 Å². The number of aromatic amines is 1. The van der Waals surface area contributed by atoms with Gasteiger partial charge < -0.3 is 10.3 Å². The quantitative estimate of drug-likeness (QED) is 0.230. The van der Waals surface area contributed by atoms with Gasteiger partial charge >= 0.3 is 0 Å². The van der Waals surface area contributed by atoms with Crippen LogP contribution in [0.4, 0.5) is 5.69 Å². The maximum absolute atomic E-state index is 13.5. The summed E-state index contributed by atoms with van der Waals surface area (Å²) < 4.78 is 0. The van der Waals surface area contributed by atoms with Crippen LogP contribution in [0.15, 0.2) is 72.8 Å². The van der Waals surface area contributed by atoms with Crippen LogP contribution in [-0.4, -0.2) is 45.1 Å². The molecule has 0 saturated heterocycles. The monoisotopic (exact) mass is 508 g/mol. The number of hydrogen-bond donors (Lipinski definition) is 2. The van der Waals surface area contributed by atoms with Crippen molar-refractivity contribution < 1.29 is 19.3 Å². The molecule has 2 unspecified atom stereocenters. The van der Waals surface area contributed by atoms with E-state index in [9.17, 15) is 24.5 Å². The summed E-state index contributed by atoms with van der Waals surface area (Å²) in [6, 6.07) is 20.4. The number of benzene rings is 3. The highest BCUT2D eigenvalue weighted by atomic mass is 16.6. The maximum Gasteiger partial charge on any atom is 0.269 e. The van der Waals surface area contributed by atoms with Crippen molar-refractivity contribution in [3.8, 4) is 0 Å². The highest BCUT2D eigenvalue weighted by molar-refractivity contribution is 6.21. The second-order valence-corrected chi connectivity index (χ2v) is 9.70. The molecule has 0 fully saturated rings. The lowest BCUT2D eigenvalue weighted by molar-refractivity contribution is -0.384. The largest absolute Gasteiger partial charge is 0.357 e. The first-order chi connectivity index (χ1) is 18.4. The molecule has 1 aliphatic carbocycles. The number of para-hydroxylation sites is 1. The number of nitrogens with one attached hydrogen (secondary N) is 2. The lowest BCUT2D eigenvalue weighted by Crippen LogP contribution is -2.46. The Kier molecular flexibility index (Phi) is 5.75. The molecule has 2 N–H and O–H groups in total. The summed E-state index contributed by atoms with van der Waals surface area (Å²) in [4.78, 5) is 55.2. The molecular formula is C29H24N4O5. The molecule has 0 saturated carbocycles. The molecular weight excluding hydrogens is 484 g/mol. The van der Waals surface area contributed by atoms with Crippen LogP contribution < -0.4 is 5.32 Å². The van der Waals surface area contributed by atoms with Gasteiger partial charge in [0.1, 0.15) is 0 Å². The number of imide groups is 1. The molecule has 3 amide bonds. The van der Waals surface area contributed by atoms with Gasteiger partial charge in [0.05, 0.1) is 22.0 Å². The molecule has 1 aliphatic heterocycles. The summed E-state index contributed by atoms with van der Waals surface area (Å²) in [5.41, 5.74) is 4.35. The first-order valence-corrected chi connectivity index (χ1v) is 12.5. The van der Waals surface area contributed by atoms with Gasteiger partial charge in [-0.15, -0.1) is 0 Å². The molecule has 1 aromatic heterocycles. The zero-order valence-corrected chi connectivity index (χ0v) is 20.3. The van der Waals surface area contributed by atoms with Gasteiger partial charge in [0.2, 0.25) is 5.91 Å². The minimum atomic E-state index is -0.572. The van der Waals surface area contributed by atoms with Crippen molar-refractivity contribution in [3.05, 3.63) is 111 Å². The Morgan fingerprint density at radius 2 is 1.63 bits per heavy atom. The Balaban J connectivity index is 1.26. The predicted molar refractivity (Wildman–Crippen MR) is 140 cm³/mol. The van der Waals surface area contributed by atoms with Crippen LogP contribution in [0.1, 0.15) is 49.9 Å². The molecule has 2 heterocycles. The first kappa shape index (κ1) is 23.6. The number of fused-ring (bicyclic) bond motifs is 4. The minimum Gasteiger partial charge on any atom is -0.357 e. The van der Waals surface area contributed by atoms with Gasteiger partial charge in [-0.05, 0) is 48.6 Å². The van der Waals surface area contributed by atoms with Gasteiger partial charge in [0.25, 0.3) is 17.5 Å². The van der Waals surface area contributed by atoms with E-state index in [1.807, 2.05) is 24.3 Å². The average Bonchev–Trinajstić information content (AvgIpc) is 3.43. The molecule has 9 nitrogen and oxygen atoms in total. The van der Waals surface area contributed by atoms with Crippen molar-refractivity contribution in [2.45, 2.75) is 31.2 Å². The van der Waals surface area contributed by atoms with Crippen molar-refractivity contribution in [2.24, 2.45) is 0 Å². The minimum absolute atomic E-state index is 0.0190. The van der Waals surface area contributed by atoms with Gasteiger partial charge in [-0.1, -0.05) is 42.5 Å². The zero-order valence-electron chi connectivity index (χ0n) is 20.3. The van der Waals surface area contributed by atoms with E-state index in [4.69, 9.17) is 0 Å². The lowest BCUT2D eigenvalue weighted by atomic mass is 9.82. The maximum atomic E-state index is 13.5. The average molecular weight is 509 g/mol. The van der Waals surface area contributed by atoms with Crippen LogP contribution >= 0.6 is 0 Å². The van der Waals surface area contributed by atoms with Gasteiger partial charge in [-0.25, -0.2) is 0 Å². The van der Waals surface area contributed by atoms with Gasteiger partial charge in [-0.3, -0.25) is 29.4 Å². The van der Waals surface area contributed by atoms with E-state index in [2.05, 4.69) is 10.3 Å². The van der Waals surface area contributed by atoms with E-state index >= 15 is 0 Å². The van der Waals surface area contributed by atoms with Crippen molar-refractivity contribution in [3.63, 3.8) is 0 Å². The number of amides is 3. The Labute approximate surface area is 217 Å². The number of H-pyrrole nitrogens is 1. The highest BCUT2D eigenvalue weighted by Gasteiger charge is 2.44. The first-order valence-electron chi connectivity index (χ1n) is 12.5. The van der Waals surface area contributed by atoms with E-state index in [1.54, 1.807) is 36.4 Å². The number of carbonyl (C=O) groups excluding carboxylic acids is 3. The molecule has 0 spiro atoms. The number of aromatic nitrogens is 1. The fraction of sp³-hybridized carbons (Fsp3) is 0.207. The molecule has 38 heavy (non-hydrogen) atoms. The molecule has 0 bridgehead atoms. The van der Waals surface area contributed by atoms with Crippen molar-refractivity contribution in [1.29, 1.82) is 0 Å². The number of carbonyl (C=O) groups is 3. The summed E-state index contributed by atoms with van der Waals surface area (Å²) in [6.45, 7) is 0.348. The smallest absolute Gasteiger partial charge is 0.269 e. The number of nitrogens with zero attached hydrogens (tertiary/aromatic N) is 2. The molecule has 190 valence electrons. The molecule has 0 radical (unpaired) electrons. The SMILES string of the molecule is O=C(NCCc1ccc([N+](=O)[O-])cc1)C1CC(N2C(=O)c3ccccc3C2=O)Cc2c1[nH]c1ccccc21. The summed E-state index contributed by atoms with van der Waals surface area (Å²) in [5.74, 6) is -1.41. The Morgan fingerprint density at radius 1 is 0.974 bits per heavy atom. The van der Waals surface area contributed by atoms with Gasteiger partial charge in [-0.2, -0.15) is 0 Å². The Bertz CT molecular complexity index is 1570. The Morgan fingerprint density at radius 3 is 2.32 bits per heavy atom. The molecule has 2 atom stereocenters. The van der Waals surface area contributed by atoms with E-state index in [1.165, 1.54) is 17.0 Å². The molecule has 3 aromatic carbocycles. The summed E-state index contributed by atoms with van der Waals surface area (Å²) in [6.07, 6.45) is 1.30. The van der Waals surface area contributed by atoms with Crippen LogP contribution in [-0.2, 0) is 17.6 Å². The molecule has 2 aliphatic rings. The summed E-state index contributed by atoms with van der Waals surface area (Å²) >= 11 is 0. The number of rotatable bonds is 6. The van der Waals surface area contributed by atoms with Crippen molar-refractivity contribution in [1.82, 2.24) is 15.2 Å². The zero-order chi connectivity index (χ0) is 26.4. The number of nitro benzene ring substituents is 1. The van der Waals surface area contributed by atoms with E-state index in [-0.39, 0.29) is 23.4 Å². The van der Waals surface area contributed by atoms with E-state index in [0.29, 0.717) is 36.9 Å². The highest BCUT2D eigenvalue weighted by Crippen LogP contribution is 2.40. The standard InChI is InChI=1S/C29H24N4O5/c34-27(30-14-13-17-9-11-18(12-10-17)33(37)38)24-16-19(15-23-20-5-3-4-8-25(20)31-26(23)24)32-28(35)21-6-1-2-7-22(21)29(32)36/h1-12,19,24,31H,13-16H2,(H,30,34). The third kappa shape index (κ3) is 3.92. The molecule has 4 aromatic rings. The van der Waals surface area contributed by atoms with Crippen LogP contribution in [0.3, 0.4) is 0 Å². The second-order valence-electron chi connectivity index (χ2n) is 9.70. The third-order valence-electron chi connectivity index (χ3n) is 7.51. The van der Waals surface area contributed by atoms with Crippen LogP contribution in [0.25, 0.3) is 10.9 Å². The van der Waals surface area contributed by atoms with Crippen LogP contribution in [0.2, 0.25) is 0 Å². The topological polar surface area (TPSA) is 125 Å². The van der Waals surface area contributed by atoms with Crippen LogP contribution in [0.5, 0.6) is 0 Å². The summed E-state index contributed by atoms with van der Waals surface area (Å²) in [5, 5.41) is 14.9. The lowest BCUT2D eigenvalue weighted by Gasteiger charge is -2.33. The molecule has 6 rings (SSSR count). The fourth-order valence-corrected chi connectivity index (χ4v) is 5.66. The van der Waals surface area contributed by atoms with Crippen molar-refractivity contribution >= 4 is 34.3 Å². The number of nitro groups is 1. The number of non-ortho nitro benzene ring substituents is 1. The fourth-order valence-electron chi connectivity index (χ4n) is 5.66. The predicted octanol–water partition coefficient (Wildman–Crippen LogP) is 4.13. The van der Waals surface area contributed by atoms with E-state index in [0.717, 1.165) is 27.7 Å². The third-order valence-corrected chi connectivity index (χ3v) is 7.51. The molecule has 9 heteroatoms. The number of hydrogen-bond acceptors (Lipinski definition) is 5. The van der Waals surface area contributed by atoms with Crippen LogP contribution in [0, 0.1) is 10.1 Å². The second kappa shape index (κ2) is 9.26.